The zero-order valence-electron chi connectivity index (χ0n) is 11.6. The van der Waals surface area contributed by atoms with Crippen LogP contribution in [0.1, 0.15) is 36.1 Å². The summed E-state index contributed by atoms with van der Waals surface area (Å²) in [7, 11) is 0. The van der Waals surface area contributed by atoms with Crippen LogP contribution in [0.25, 0.3) is 0 Å². The van der Waals surface area contributed by atoms with Gasteiger partial charge in [0.15, 0.2) is 0 Å². The number of furan rings is 1. The minimum Gasteiger partial charge on any atom is -0.475 e. The zero-order chi connectivity index (χ0) is 14.4. The molecule has 0 spiro atoms. The second kappa shape index (κ2) is 6.80. The van der Waals surface area contributed by atoms with E-state index in [1.165, 1.54) is 6.07 Å². The summed E-state index contributed by atoms with van der Waals surface area (Å²) < 4.78 is 5.34. The van der Waals surface area contributed by atoms with Gasteiger partial charge in [0.05, 0.1) is 6.54 Å². The smallest absolute Gasteiger partial charge is 0.371 e. The number of carbonyl (C=O) groups is 1. The van der Waals surface area contributed by atoms with E-state index in [1.807, 2.05) is 18.2 Å². The van der Waals surface area contributed by atoms with Gasteiger partial charge in [0, 0.05) is 12.2 Å². The molecule has 4 nitrogen and oxygen atoms in total. The number of hydrogen-bond acceptors (Lipinski definition) is 3. The van der Waals surface area contributed by atoms with E-state index in [2.05, 4.69) is 24.0 Å². The molecule has 2 aromatic rings. The average molecular weight is 273 g/mol. The van der Waals surface area contributed by atoms with E-state index < -0.39 is 5.97 Å². The molecule has 106 valence electrons. The normalized spacial score (nSPS) is 10.4. The fraction of sp³-hybridized carbons (Fsp3) is 0.312. The summed E-state index contributed by atoms with van der Waals surface area (Å²) in [5, 5.41) is 8.88. The Balaban J connectivity index is 2.12. The molecule has 1 N–H and O–H groups in total. The monoisotopic (exact) mass is 273 g/mol. The Morgan fingerprint density at radius 3 is 2.55 bits per heavy atom. The summed E-state index contributed by atoms with van der Waals surface area (Å²) in [6.45, 7) is 3.65. The number of anilines is 1. The van der Waals surface area contributed by atoms with E-state index in [9.17, 15) is 4.79 Å². The summed E-state index contributed by atoms with van der Waals surface area (Å²) in [5.41, 5.74) is 1.12. The first kappa shape index (κ1) is 14.2. The molecule has 0 aliphatic heterocycles. The minimum absolute atomic E-state index is 0.0106. The highest BCUT2D eigenvalue weighted by Crippen LogP contribution is 2.19. The van der Waals surface area contributed by atoms with Crippen LogP contribution < -0.4 is 4.90 Å². The molecule has 0 atom stereocenters. The summed E-state index contributed by atoms with van der Waals surface area (Å²) in [5.74, 6) is -0.373. The van der Waals surface area contributed by atoms with Crippen molar-refractivity contribution in [2.24, 2.45) is 0 Å². The summed E-state index contributed by atoms with van der Waals surface area (Å²) >= 11 is 0. The van der Waals surface area contributed by atoms with Crippen molar-refractivity contribution >= 4 is 11.7 Å². The van der Waals surface area contributed by atoms with Gasteiger partial charge in [0.25, 0.3) is 0 Å². The van der Waals surface area contributed by atoms with Crippen LogP contribution >= 0.6 is 0 Å². The average Bonchev–Trinajstić information content (AvgIpc) is 2.93. The lowest BCUT2D eigenvalue weighted by molar-refractivity contribution is 0.0660. The van der Waals surface area contributed by atoms with Gasteiger partial charge in [-0.2, -0.15) is 0 Å². The molecule has 0 unspecified atom stereocenters. The molecule has 4 heteroatoms. The van der Waals surface area contributed by atoms with Gasteiger partial charge in [-0.15, -0.1) is 0 Å². The molecule has 0 bridgehead atoms. The molecule has 0 fully saturated rings. The highest BCUT2D eigenvalue weighted by Gasteiger charge is 2.12. The van der Waals surface area contributed by atoms with Gasteiger partial charge in [0.1, 0.15) is 5.76 Å². The minimum atomic E-state index is -1.03. The van der Waals surface area contributed by atoms with Gasteiger partial charge in [-0.1, -0.05) is 31.5 Å². The summed E-state index contributed by atoms with van der Waals surface area (Å²) in [6.07, 6.45) is 2.20. The van der Waals surface area contributed by atoms with Crippen LogP contribution in [0, 0.1) is 0 Å². The first-order valence-corrected chi connectivity index (χ1v) is 6.82. The lowest BCUT2D eigenvalue weighted by Gasteiger charge is -2.23. The number of carboxylic acid groups (broad SMARTS) is 1. The van der Waals surface area contributed by atoms with Gasteiger partial charge in [0.2, 0.25) is 5.76 Å². The van der Waals surface area contributed by atoms with E-state index in [4.69, 9.17) is 9.52 Å². The third-order valence-electron chi connectivity index (χ3n) is 3.12. The van der Waals surface area contributed by atoms with E-state index in [1.54, 1.807) is 6.07 Å². The summed E-state index contributed by atoms with van der Waals surface area (Å²) in [4.78, 5) is 13.0. The van der Waals surface area contributed by atoms with Gasteiger partial charge in [-0.05, 0) is 30.7 Å². The summed E-state index contributed by atoms with van der Waals surface area (Å²) in [6, 6.07) is 13.3. The number of hydrogen-bond donors (Lipinski definition) is 1. The van der Waals surface area contributed by atoms with Gasteiger partial charge >= 0.3 is 5.97 Å². The van der Waals surface area contributed by atoms with Gasteiger partial charge in [-0.25, -0.2) is 4.79 Å². The quantitative estimate of drug-likeness (QED) is 0.834. The molecule has 1 aromatic carbocycles. The van der Waals surface area contributed by atoms with E-state index in [0.717, 1.165) is 25.1 Å². The van der Waals surface area contributed by atoms with Gasteiger partial charge < -0.3 is 14.4 Å². The lowest BCUT2D eigenvalue weighted by Crippen LogP contribution is -2.23. The fourth-order valence-electron chi connectivity index (χ4n) is 2.05. The Bertz CT molecular complexity index is 548. The predicted octanol–water partition coefficient (Wildman–Crippen LogP) is 3.78. The number of aromatic carboxylic acids is 1. The maximum atomic E-state index is 10.8. The SMILES string of the molecule is CCCCN(Cc1ccc(C(=O)O)o1)c1ccccc1. The number of rotatable bonds is 7. The first-order chi connectivity index (χ1) is 9.70. The first-order valence-electron chi connectivity index (χ1n) is 6.82. The van der Waals surface area contributed by atoms with Crippen LogP contribution in [0.2, 0.25) is 0 Å². The number of nitrogens with zero attached hydrogens (tertiary/aromatic N) is 1. The van der Waals surface area contributed by atoms with E-state index >= 15 is 0 Å². The third kappa shape index (κ3) is 3.63. The highest BCUT2D eigenvalue weighted by molar-refractivity contribution is 5.84. The molecule has 20 heavy (non-hydrogen) atoms. The van der Waals surface area contributed by atoms with Crippen molar-refractivity contribution in [1.82, 2.24) is 0 Å². The standard InChI is InChI=1S/C16H19NO3/c1-2-3-11-17(13-7-5-4-6-8-13)12-14-9-10-15(20-14)16(18)19/h4-10H,2-3,11-12H2,1H3,(H,18,19). The Hall–Kier alpha value is -2.23. The molecule has 0 aliphatic carbocycles. The Morgan fingerprint density at radius 1 is 1.20 bits per heavy atom. The van der Waals surface area contributed by atoms with E-state index in [0.29, 0.717) is 12.3 Å². The second-order valence-corrected chi connectivity index (χ2v) is 4.68. The third-order valence-corrected chi connectivity index (χ3v) is 3.12. The maximum absolute atomic E-state index is 10.8. The van der Waals surface area contributed by atoms with Crippen molar-refractivity contribution in [2.75, 3.05) is 11.4 Å². The molecular formula is C16H19NO3. The number of unbranched alkanes of at least 4 members (excludes halogenated alkanes) is 1. The molecule has 0 saturated carbocycles. The van der Waals surface area contributed by atoms with Crippen LogP contribution in [-0.2, 0) is 6.54 Å². The fourth-order valence-corrected chi connectivity index (χ4v) is 2.05. The van der Waals surface area contributed by atoms with Crippen molar-refractivity contribution in [3.05, 3.63) is 54.0 Å². The maximum Gasteiger partial charge on any atom is 0.371 e. The van der Waals surface area contributed by atoms with E-state index in [-0.39, 0.29) is 5.76 Å². The topological polar surface area (TPSA) is 53.7 Å². The predicted molar refractivity (Wildman–Crippen MR) is 78.1 cm³/mol. The van der Waals surface area contributed by atoms with Gasteiger partial charge in [-0.3, -0.25) is 0 Å². The molecule has 0 saturated heterocycles. The number of benzene rings is 1. The van der Waals surface area contributed by atoms with Crippen molar-refractivity contribution in [1.29, 1.82) is 0 Å². The van der Waals surface area contributed by atoms with Crippen LogP contribution in [-0.4, -0.2) is 17.6 Å². The molecule has 0 radical (unpaired) electrons. The Labute approximate surface area is 118 Å². The zero-order valence-corrected chi connectivity index (χ0v) is 11.6. The van der Waals surface area contributed by atoms with Crippen molar-refractivity contribution in [3.8, 4) is 0 Å². The molecule has 1 heterocycles. The van der Waals surface area contributed by atoms with Crippen LogP contribution in [0.4, 0.5) is 5.69 Å². The molecular weight excluding hydrogens is 254 g/mol. The lowest BCUT2D eigenvalue weighted by atomic mass is 10.2. The second-order valence-electron chi connectivity index (χ2n) is 4.68. The van der Waals surface area contributed by atoms with Crippen molar-refractivity contribution in [3.63, 3.8) is 0 Å². The van der Waals surface area contributed by atoms with Crippen LogP contribution in [0.15, 0.2) is 46.9 Å². The van der Waals surface area contributed by atoms with Crippen molar-refractivity contribution in [2.45, 2.75) is 26.3 Å². The molecule has 0 aliphatic rings. The largest absolute Gasteiger partial charge is 0.475 e. The number of carboxylic acids is 1. The van der Waals surface area contributed by atoms with Crippen LogP contribution in [0.5, 0.6) is 0 Å². The Morgan fingerprint density at radius 2 is 1.95 bits per heavy atom. The van der Waals surface area contributed by atoms with Crippen LogP contribution in [0.3, 0.4) is 0 Å². The van der Waals surface area contributed by atoms with Crippen molar-refractivity contribution < 1.29 is 14.3 Å². The Kier molecular flexibility index (Phi) is 4.82. The number of para-hydroxylation sites is 1. The molecule has 0 amide bonds. The molecule has 1 aromatic heterocycles. The molecule has 2 rings (SSSR count). The highest BCUT2D eigenvalue weighted by atomic mass is 16.4.